The number of nitrogens with zero attached hydrogens (tertiary/aromatic N) is 8. The monoisotopic (exact) mass is 617 g/mol. The van der Waals surface area contributed by atoms with Crippen molar-refractivity contribution in [1.29, 1.82) is 0 Å². The van der Waals surface area contributed by atoms with Crippen LogP contribution in [0.3, 0.4) is 0 Å². The lowest BCUT2D eigenvalue weighted by Gasteiger charge is -2.15. The lowest BCUT2D eigenvalue weighted by Crippen LogP contribution is -2.32. The molecule has 0 atom stereocenters. The van der Waals surface area contributed by atoms with Crippen molar-refractivity contribution in [2.24, 2.45) is 15.2 Å². The highest BCUT2D eigenvalue weighted by Gasteiger charge is 2.25. The van der Waals surface area contributed by atoms with Crippen LogP contribution in [0.15, 0.2) is 99.1 Å². The number of ether oxygens (including phenoxy) is 1. The Morgan fingerprint density at radius 1 is 0.935 bits per heavy atom. The van der Waals surface area contributed by atoms with E-state index >= 15 is 0 Å². The normalized spacial score (nSPS) is 12.5. The minimum Gasteiger partial charge on any atom is -0.461 e. The molecule has 3 heterocycles. The third-order valence-electron chi connectivity index (χ3n) is 7.00. The maximum absolute atomic E-state index is 13.8. The Hall–Kier alpha value is -6.15. The van der Waals surface area contributed by atoms with Crippen molar-refractivity contribution in [2.75, 3.05) is 26.0 Å². The second-order valence-electron chi connectivity index (χ2n) is 10.5. The van der Waals surface area contributed by atoms with Crippen molar-refractivity contribution in [3.05, 3.63) is 106 Å². The van der Waals surface area contributed by atoms with Crippen molar-refractivity contribution in [3.63, 3.8) is 0 Å². The highest BCUT2D eigenvalue weighted by atomic mass is 16.5. The van der Waals surface area contributed by atoms with Crippen LogP contribution in [0.1, 0.15) is 28.5 Å². The summed E-state index contributed by atoms with van der Waals surface area (Å²) in [4.78, 5) is 61.6. The number of urea groups is 1. The number of hydrogen-bond donors (Lipinski definition) is 1. The van der Waals surface area contributed by atoms with E-state index < -0.39 is 23.6 Å². The van der Waals surface area contributed by atoms with Crippen LogP contribution in [-0.4, -0.2) is 68.8 Å². The molecule has 0 saturated carbocycles. The largest absolute Gasteiger partial charge is 0.461 e. The highest BCUT2D eigenvalue weighted by Crippen LogP contribution is 2.26. The van der Waals surface area contributed by atoms with Crippen molar-refractivity contribution >= 4 is 40.6 Å². The number of esters is 1. The van der Waals surface area contributed by atoms with Gasteiger partial charge in [-0.2, -0.15) is 10.1 Å². The molecule has 0 spiro atoms. The Morgan fingerprint density at radius 3 is 2.43 bits per heavy atom. The van der Waals surface area contributed by atoms with E-state index in [1.807, 2.05) is 44.4 Å². The number of azo groups is 1. The third-order valence-corrected chi connectivity index (χ3v) is 7.00. The van der Waals surface area contributed by atoms with Crippen molar-refractivity contribution < 1.29 is 19.1 Å². The lowest BCUT2D eigenvalue weighted by atomic mass is 9.99. The molecular formula is C32H27N9O5. The van der Waals surface area contributed by atoms with Crippen LogP contribution >= 0.6 is 0 Å². The van der Waals surface area contributed by atoms with Gasteiger partial charge in [0.2, 0.25) is 0 Å². The number of nitrogens with one attached hydrogen (secondary N) is 1. The number of aliphatic imine (C=N–C) groups is 1. The molecule has 6 rings (SSSR count). The molecule has 2 aromatic heterocycles. The fraction of sp³-hybridized carbons (Fsp3) is 0.156. The first-order valence-corrected chi connectivity index (χ1v) is 14.2. The quantitative estimate of drug-likeness (QED) is 0.240. The fourth-order valence-electron chi connectivity index (χ4n) is 5.00. The maximum atomic E-state index is 13.8. The first-order chi connectivity index (χ1) is 22.2. The number of anilines is 1. The molecule has 1 N–H and O–H groups in total. The van der Waals surface area contributed by atoms with E-state index in [-0.39, 0.29) is 29.2 Å². The van der Waals surface area contributed by atoms with Gasteiger partial charge in [0.05, 0.1) is 12.3 Å². The fourth-order valence-corrected chi connectivity index (χ4v) is 5.00. The minimum atomic E-state index is -0.789. The zero-order valence-electron chi connectivity index (χ0n) is 25.0. The number of hydrogen-bond acceptors (Lipinski definition) is 9. The van der Waals surface area contributed by atoms with Crippen LogP contribution in [0.4, 0.5) is 15.3 Å². The Balaban J connectivity index is 1.36. The number of fused-ring (bicyclic) bond motifs is 1. The number of rotatable bonds is 8. The van der Waals surface area contributed by atoms with Gasteiger partial charge in [-0.25, -0.2) is 28.6 Å². The molecular weight excluding hydrogens is 590 g/mol. The summed E-state index contributed by atoms with van der Waals surface area (Å²) >= 11 is 0. The highest BCUT2D eigenvalue weighted by molar-refractivity contribution is 6.08. The summed E-state index contributed by atoms with van der Waals surface area (Å²) < 4.78 is 7.13. The molecule has 5 aromatic rings. The van der Waals surface area contributed by atoms with Crippen molar-refractivity contribution in [3.8, 4) is 16.8 Å². The molecule has 0 bridgehead atoms. The predicted molar refractivity (Wildman–Crippen MR) is 170 cm³/mol. The summed E-state index contributed by atoms with van der Waals surface area (Å²) in [5, 5.41) is 14.2. The molecule has 0 saturated heterocycles. The van der Waals surface area contributed by atoms with Gasteiger partial charge in [-0.1, -0.05) is 53.6 Å². The van der Waals surface area contributed by atoms with Gasteiger partial charge in [-0.15, -0.1) is 5.11 Å². The lowest BCUT2D eigenvalue weighted by molar-refractivity contribution is 0.0521. The molecule has 3 amide bonds. The standard InChI is InChI=1S/C32H27N9O5/c1-4-46-30(43)26-25-27(41(38-26)23-10-7-9-20(16-23)28-35-31(44)37-36-28)29(42)40(18-33-25)32(45)34-22-14-12-19(13-15-22)24-11-6-5-8-21(24)17-39(2)3/h5-16,18H,4,17H2,1-3H3,(H,34,45). The van der Waals surface area contributed by atoms with Gasteiger partial charge in [-0.3, -0.25) is 4.79 Å². The number of amidine groups is 1. The number of benzene rings is 3. The first kappa shape index (κ1) is 29.9. The molecule has 1 aliphatic rings. The van der Waals surface area contributed by atoms with Crippen LogP contribution in [0.5, 0.6) is 0 Å². The Morgan fingerprint density at radius 2 is 1.72 bits per heavy atom. The first-order valence-electron chi connectivity index (χ1n) is 14.2. The molecule has 0 radical (unpaired) electrons. The van der Waals surface area contributed by atoms with E-state index in [9.17, 15) is 19.2 Å². The molecule has 46 heavy (non-hydrogen) atoms. The maximum Gasteiger partial charge on any atom is 0.387 e. The summed E-state index contributed by atoms with van der Waals surface area (Å²) in [6, 6.07) is 20.3. The van der Waals surface area contributed by atoms with E-state index in [1.54, 1.807) is 43.3 Å². The van der Waals surface area contributed by atoms with E-state index in [4.69, 9.17) is 4.74 Å². The zero-order chi connectivity index (χ0) is 32.4. The minimum absolute atomic E-state index is 0.0493. The van der Waals surface area contributed by atoms with Gasteiger partial charge >= 0.3 is 18.0 Å². The van der Waals surface area contributed by atoms with E-state index in [0.717, 1.165) is 34.1 Å². The topological polar surface area (TPSA) is 166 Å². The average molecular weight is 618 g/mol. The second-order valence-corrected chi connectivity index (χ2v) is 10.5. The van der Waals surface area contributed by atoms with Gasteiger partial charge in [0.1, 0.15) is 11.8 Å². The van der Waals surface area contributed by atoms with Gasteiger partial charge in [0, 0.05) is 17.8 Å². The molecule has 230 valence electrons. The summed E-state index contributed by atoms with van der Waals surface area (Å²) in [6.07, 6.45) is 1.04. The Labute approximate surface area is 261 Å². The Bertz CT molecular complexity index is 2130. The number of carbonyl (C=O) groups excluding carboxylic acids is 3. The number of carbonyl (C=O) groups is 3. The predicted octanol–water partition coefficient (Wildman–Crippen LogP) is 4.90. The molecule has 14 nitrogen and oxygen atoms in total. The molecule has 14 heteroatoms. The summed E-state index contributed by atoms with van der Waals surface area (Å²) in [7, 11) is 4.01. The molecule has 0 unspecified atom stereocenters. The van der Waals surface area contributed by atoms with Crippen LogP contribution in [0.2, 0.25) is 0 Å². The second kappa shape index (κ2) is 12.5. The average Bonchev–Trinajstić information content (AvgIpc) is 3.66. The smallest absolute Gasteiger partial charge is 0.387 e. The summed E-state index contributed by atoms with van der Waals surface area (Å²) in [5.74, 6) is -0.709. The molecule has 0 fully saturated rings. The van der Waals surface area contributed by atoms with Gasteiger partial charge in [0.25, 0.3) is 5.56 Å². The Kier molecular flexibility index (Phi) is 8.10. The van der Waals surface area contributed by atoms with Crippen molar-refractivity contribution in [1.82, 2.24) is 24.2 Å². The van der Waals surface area contributed by atoms with E-state index in [1.165, 1.54) is 4.68 Å². The van der Waals surface area contributed by atoms with E-state index in [0.29, 0.717) is 16.9 Å². The summed E-state index contributed by atoms with van der Waals surface area (Å²) in [6.45, 7) is 2.48. The number of amides is 3. The van der Waals surface area contributed by atoms with Crippen molar-refractivity contribution in [2.45, 2.75) is 13.5 Å². The molecule has 0 aliphatic carbocycles. The van der Waals surface area contributed by atoms with Crippen LogP contribution in [0, 0.1) is 0 Å². The van der Waals surface area contributed by atoms with Crippen LogP contribution in [0.25, 0.3) is 27.8 Å². The van der Waals surface area contributed by atoms with Gasteiger partial charge < -0.3 is 15.0 Å². The summed E-state index contributed by atoms with van der Waals surface area (Å²) in [5.41, 5.74) is 3.23. The van der Waals surface area contributed by atoms with Crippen LogP contribution < -0.4 is 10.9 Å². The SMILES string of the molecule is CCOC(=O)c1nn(-c2cccc(C3=NC(=O)N=N3)c2)c2c(=O)n(C(=O)Nc3ccc(-c4ccccc4CN(C)C)cc3)cnc12. The molecule has 3 aromatic carbocycles. The van der Waals surface area contributed by atoms with Crippen LogP contribution in [-0.2, 0) is 11.3 Å². The van der Waals surface area contributed by atoms with Gasteiger partial charge in [0.15, 0.2) is 17.0 Å². The molecule has 1 aliphatic heterocycles. The third kappa shape index (κ3) is 5.84. The van der Waals surface area contributed by atoms with E-state index in [2.05, 4.69) is 41.6 Å². The van der Waals surface area contributed by atoms with Gasteiger partial charge in [-0.05, 0) is 62.0 Å². The number of aromatic nitrogens is 4. The zero-order valence-corrected chi connectivity index (χ0v) is 25.0.